The Hall–Kier alpha value is -2.22. The van der Waals surface area contributed by atoms with Crippen molar-refractivity contribution in [3.8, 4) is 11.5 Å². The molecule has 21 heavy (non-hydrogen) atoms. The molecular formula is C13H14N2O5S. The maximum Gasteiger partial charge on any atom is 0.286 e. The number of phenolic OH excluding ortho intramolecular Hbond substituents is 2. The molecule has 0 aliphatic carbocycles. The summed E-state index contributed by atoms with van der Waals surface area (Å²) in [5.74, 6) is -1.17. The molecule has 0 saturated carbocycles. The second kappa shape index (κ2) is 6.49. The summed E-state index contributed by atoms with van der Waals surface area (Å²) in [6.07, 6.45) is 0.422. The average molecular weight is 310 g/mol. The van der Waals surface area contributed by atoms with Crippen LogP contribution in [0, 0.1) is 0 Å². The lowest BCUT2D eigenvalue weighted by molar-refractivity contribution is -0.125. The second-order valence-corrected chi connectivity index (χ2v) is 5.69. The molecule has 1 heterocycles. The van der Waals surface area contributed by atoms with Crippen LogP contribution in [0.3, 0.4) is 0 Å². The van der Waals surface area contributed by atoms with E-state index in [2.05, 4.69) is 10.6 Å². The van der Waals surface area contributed by atoms with E-state index in [-0.39, 0.29) is 23.8 Å². The maximum absolute atomic E-state index is 11.7. The molecule has 1 saturated heterocycles. The minimum Gasteiger partial charge on any atom is -0.504 e. The zero-order valence-corrected chi connectivity index (χ0v) is 11.8. The Balaban J connectivity index is 1.75. The predicted octanol–water partition coefficient (Wildman–Crippen LogP) is 0.498. The van der Waals surface area contributed by atoms with Gasteiger partial charge in [0, 0.05) is 13.0 Å². The smallest absolute Gasteiger partial charge is 0.286 e. The number of aromatic hydroxyl groups is 2. The molecule has 1 unspecified atom stereocenters. The summed E-state index contributed by atoms with van der Waals surface area (Å²) in [5.41, 5.74) is 0.758. The van der Waals surface area contributed by atoms with E-state index in [0.717, 1.165) is 17.3 Å². The summed E-state index contributed by atoms with van der Waals surface area (Å²) >= 11 is 0.814. The van der Waals surface area contributed by atoms with Crippen LogP contribution in [0.25, 0.3) is 0 Å². The molecule has 1 aromatic carbocycles. The van der Waals surface area contributed by atoms with E-state index in [0.29, 0.717) is 13.0 Å². The number of amides is 3. The number of carbonyl (C=O) groups is 3. The van der Waals surface area contributed by atoms with Gasteiger partial charge in [0.05, 0.1) is 0 Å². The maximum atomic E-state index is 11.7. The highest BCUT2D eigenvalue weighted by atomic mass is 32.2. The van der Waals surface area contributed by atoms with Crippen molar-refractivity contribution < 1.29 is 24.6 Å². The normalized spacial score (nSPS) is 17.6. The highest BCUT2D eigenvalue weighted by molar-refractivity contribution is 8.15. The Bertz CT molecular complexity index is 590. The van der Waals surface area contributed by atoms with Gasteiger partial charge in [0.1, 0.15) is 5.25 Å². The van der Waals surface area contributed by atoms with Crippen molar-refractivity contribution in [2.45, 2.75) is 18.1 Å². The Morgan fingerprint density at radius 3 is 2.67 bits per heavy atom. The molecule has 7 nitrogen and oxygen atoms in total. The lowest BCUT2D eigenvalue weighted by Gasteiger charge is -2.08. The van der Waals surface area contributed by atoms with Crippen LogP contribution in [0.5, 0.6) is 11.5 Å². The third-order valence-electron chi connectivity index (χ3n) is 2.91. The zero-order valence-electron chi connectivity index (χ0n) is 11.0. The molecule has 112 valence electrons. The summed E-state index contributed by atoms with van der Waals surface area (Å²) in [6, 6.07) is 4.43. The number of hydrogen-bond donors (Lipinski definition) is 4. The minimum atomic E-state index is -0.671. The van der Waals surface area contributed by atoms with Gasteiger partial charge in [-0.25, -0.2) is 0 Å². The molecular weight excluding hydrogens is 296 g/mol. The fourth-order valence-corrected chi connectivity index (χ4v) is 2.66. The second-order valence-electron chi connectivity index (χ2n) is 4.51. The molecule has 3 amide bonds. The summed E-state index contributed by atoms with van der Waals surface area (Å²) in [4.78, 5) is 33.9. The van der Waals surface area contributed by atoms with Gasteiger partial charge in [-0.1, -0.05) is 17.8 Å². The molecule has 4 N–H and O–H groups in total. The van der Waals surface area contributed by atoms with Crippen LogP contribution in [0.1, 0.15) is 12.0 Å². The first-order chi connectivity index (χ1) is 9.95. The highest BCUT2D eigenvalue weighted by Crippen LogP contribution is 2.25. The third-order valence-corrected chi connectivity index (χ3v) is 3.89. The molecule has 0 spiro atoms. The van der Waals surface area contributed by atoms with Crippen molar-refractivity contribution in [1.29, 1.82) is 0 Å². The first-order valence-electron chi connectivity index (χ1n) is 6.25. The van der Waals surface area contributed by atoms with Crippen LogP contribution < -0.4 is 10.6 Å². The average Bonchev–Trinajstić information content (AvgIpc) is 2.72. The van der Waals surface area contributed by atoms with Gasteiger partial charge in [-0.15, -0.1) is 0 Å². The largest absolute Gasteiger partial charge is 0.504 e. The van der Waals surface area contributed by atoms with Crippen molar-refractivity contribution in [1.82, 2.24) is 10.6 Å². The number of hydrogen-bond acceptors (Lipinski definition) is 6. The number of carbonyl (C=O) groups excluding carboxylic acids is 3. The number of nitrogens with one attached hydrogen (secondary N) is 2. The van der Waals surface area contributed by atoms with Crippen LogP contribution >= 0.6 is 11.8 Å². The van der Waals surface area contributed by atoms with Gasteiger partial charge >= 0.3 is 0 Å². The van der Waals surface area contributed by atoms with Gasteiger partial charge in [0.2, 0.25) is 11.8 Å². The quantitative estimate of drug-likeness (QED) is 0.589. The first kappa shape index (κ1) is 15.2. The molecule has 8 heteroatoms. The van der Waals surface area contributed by atoms with E-state index >= 15 is 0 Å². The molecule has 1 fully saturated rings. The number of imide groups is 1. The molecule has 2 rings (SSSR count). The van der Waals surface area contributed by atoms with E-state index in [1.54, 1.807) is 6.07 Å². The van der Waals surface area contributed by atoms with Crippen molar-refractivity contribution >= 4 is 28.8 Å². The van der Waals surface area contributed by atoms with Crippen LogP contribution in [0.2, 0.25) is 0 Å². The molecule has 1 aliphatic rings. The van der Waals surface area contributed by atoms with E-state index < -0.39 is 16.4 Å². The lowest BCUT2D eigenvalue weighted by atomic mass is 10.1. The van der Waals surface area contributed by atoms with Crippen LogP contribution in [0.4, 0.5) is 4.79 Å². The van der Waals surface area contributed by atoms with Crippen LogP contribution in [-0.4, -0.2) is 39.1 Å². The number of thioether (sulfide) groups is 1. The van der Waals surface area contributed by atoms with Crippen molar-refractivity contribution in [2.75, 3.05) is 6.54 Å². The van der Waals surface area contributed by atoms with E-state index in [1.165, 1.54) is 12.1 Å². The summed E-state index contributed by atoms with van der Waals surface area (Å²) in [5, 5.41) is 22.2. The summed E-state index contributed by atoms with van der Waals surface area (Å²) in [7, 11) is 0. The van der Waals surface area contributed by atoms with Gasteiger partial charge in [-0.2, -0.15) is 0 Å². The fourth-order valence-electron chi connectivity index (χ4n) is 1.84. The molecule has 1 aromatic rings. The van der Waals surface area contributed by atoms with Crippen LogP contribution in [-0.2, 0) is 16.0 Å². The highest BCUT2D eigenvalue weighted by Gasteiger charge is 2.33. The van der Waals surface area contributed by atoms with Crippen molar-refractivity contribution in [3.05, 3.63) is 23.8 Å². The van der Waals surface area contributed by atoms with Crippen LogP contribution in [0.15, 0.2) is 18.2 Å². The lowest BCUT2D eigenvalue weighted by Crippen LogP contribution is -2.32. The Morgan fingerprint density at radius 1 is 1.29 bits per heavy atom. The number of benzene rings is 1. The van der Waals surface area contributed by atoms with E-state index in [1.807, 2.05) is 0 Å². The van der Waals surface area contributed by atoms with Gasteiger partial charge < -0.3 is 15.5 Å². The molecule has 0 bridgehead atoms. The minimum absolute atomic E-state index is 0.0525. The molecule has 1 atom stereocenters. The Morgan fingerprint density at radius 2 is 2.05 bits per heavy atom. The number of rotatable bonds is 5. The monoisotopic (exact) mass is 310 g/mol. The molecule has 1 aliphatic heterocycles. The van der Waals surface area contributed by atoms with E-state index in [4.69, 9.17) is 0 Å². The molecule has 0 aromatic heterocycles. The van der Waals surface area contributed by atoms with Gasteiger partial charge in [-0.3, -0.25) is 19.7 Å². The van der Waals surface area contributed by atoms with Crippen molar-refractivity contribution in [2.24, 2.45) is 0 Å². The number of phenols is 2. The third kappa shape index (κ3) is 4.12. The fraction of sp³-hybridized carbons (Fsp3) is 0.308. The Labute approximate surface area is 124 Å². The summed E-state index contributed by atoms with van der Waals surface area (Å²) in [6.45, 7) is 0.329. The van der Waals surface area contributed by atoms with E-state index in [9.17, 15) is 24.6 Å². The van der Waals surface area contributed by atoms with Crippen molar-refractivity contribution in [3.63, 3.8) is 0 Å². The first-order valence-corrected chi connectivity index (χ1v) is 7.12. The predicted molar refractivity (Wildman–Crippen MR) is 76.0 cm³/mol. The van der Waals surface area contributed by atoms with Gasteiger partial charge in [0.25, 0.3) is 5.24 Å². The standard InChI is InChI=1S/C13H14N2O5S/c16-8-2-1-7(5-9(8)17)3-4-14-11(18)6-10-12(19)15-13(20)21-10/h1-2,5,10,16-17H,3-4,6H2,(H,14,18)(H,15,19,20). The topological polar surface area (TPSA) is 116 Å². The van der Waals surface area contributed by atoms with Gasteiger partial charge in [0.15, 0.2) is 11.5 Å². The molecule has 0 radical (unpaired) electrons. The zero-order chi connectivity index (χ0) is 15.4. The Kier molecular flexibility index (Phi) is 4.69. The SMILES string of the molecule is O=C(CC1SC(=O)NC1=O)NCCc1ccc(O)c(O)c1. The summed E-state index contributed by atoms with van der Waals surface area (Å²) < 4.78 is 0. The van der Waals surface area contributed by atoms with Gasteiger partial charge in [-0.05, 0) is 24.1 Å².